The average molecular weight is 240 g/mol. The third kappa shape index (κ3) is 4.03. The Morgan fingerprint density at radius 2 is 2.06 bits per heavy atom. The van der Waals surface area contributed by atoms with E-state index in [9.17, 15) is 9.90 Å². The molecule has 0 unspecified atom stereocenters. The van der Waals surface area contributed by atoms with Gasteiger partial charge in [0.05, 0.1) is 31.9 Å². The summed E-state index contributed by atoms with van der Waals surface area (Å²) in [6.45, 7) is 0.556. The van der Waals surface area contributed by atoms with Crippen LogP contribution >= 0.6 is 0 Å². The van der Waals surface area contributed by atoms with Crippen molar-refractivity contribution >= 4 is 5.91 Å². The van der Waals surface area contributed by atoms with Crippen LogP contribution in [0.25, 0.3) is 0 Å². The Morgan fingerprint density at radius 3 is 2.71 bits per heavy atom. The number of aromatic hydroxyl groups is 1. The van der Waals surface area contributed by atoms with Gasteiger partial charge in [-0.05, 0) is 12.1 Å². The first-order valence-electron chi connectivity index (χ1n) is 5.20. The SMILES string of the molecule is NN(CCOCCO)C(=O)c1ccccc1O. The van der Waals surface area contributed by atoms with Gasteiger partial charge in [0.2, 0.25) is 0 Å². The highest BCUT2D eigenvalue weighted by Gasteiger charge is 2.15. The second kappa shape index (κ2) is 6.85. The van der Waals surface area contributed by atoms with Crippen LogP contribution in [-0.4, -0.2) is 47.5 Å². The van der Waals surface area contributed by atoms with E-state index in [-0.39, 0.29) is 37.7 Å². The van der Waals surface area contributed by atoms with Gasteiger partial charge in [0.25, 0.3) is 5.91 Å². The normalized spacial score (nSPS) is 10.2. The standard InChI is InChI=1S/C11H16N2O4/c12-13(5-7-17-8-6-14)11(16)9-3-1-2-4-10(9)15/h1-4,14-15H,5-8,12H2. The van der Waals surface area contributed by atoms with E-state index >= 15 is 0 Å². The average Bonchev–Trinajstić information content (AvgIpc) is 2.34. The van der Waals surface area contributed by atoms with Crippen LogP contribution in [0.5, 0.6) is 5.75 Å². The van der Waals surface area contributed by atoms with Crippen molar-refractivity contribution in [1.82, 2.24) is 5.01 Å². The fourth-order valence-electron chi connectivity index (χ4n) is 1.24. The van der Waals surface area contributed by atoms with Gasteiger partial charge < -0.3 is 14.9 Å². The fraction of sp³-hybridized carbons (Fsp3) is 0.364. The monoisotopic (exact) mass is 240 g/mol. The Morgan fingerprint density at radius 1 is 1.35 bits per heavy atom. The predicted molar refractivity (Wildman–Crippen MR) is 61.2 cm³/mol. The van der Waals surface area contributed by atoms with Gasteiger partial charge in [-0.25, -0.2) is 5.84 Å². The third-order valence-electron chi connectivity index (χ3n) is 2.11. The van der Waals surface area contributed by atoms with Gasteiger partial charge in [0, 0.05) is 0 Å². The Balaban J connectivity index is 2.49. The molecule has 1 aromatic rings. The topological polar surface area (TPSA) is 96.0 Å². The fourth-order valence-corrected chi connectivity index (χ4v) is 1.24. The summed E-state index contributed by atoms with van der Waals surface area (Å²) in [4.78, 5) is 11.8. The van der Waals surface area contributed by atoms with Gasteiger partial charge >= 0.3 is 0 Å². The highest BCUT2D eigenvalue weighted by Crippen LogP contribution is 2.16. The molecule has 6 nitrogen and oxygen atoms in total. The Hall–Kier alpha value is -1.63. The van der Waals surface area contributed by atoms with Crippen LogP contribution in [0.3, 0.4) is 0 Å². The summed E-state index contributed by atoms with van der Waals surface area (Å²) in [5.41, 5.74) is 0.150. The van der Waals surface area contributed by atoms with E-state index in [0.29, 0.717) is 0 Å². The number of aliphatic hydroxyl groups excluding tert-OH is 1. The second-order valence-electron chi connectivity index (χ2n) is 3.35. The zero-order valence-corrected chi connectivity index (χ0v) is 9.37. The molecular formula is C11H16N2O4. The molecule has 0 atom stereocenters. The number of benzene rings is 1. The molecular weight excluding hydrogens is 224 g/mol. The van der Waals surface area contributed by atoms with Crippen LogP contribution < -0.4 is 5.84 Å². The van der Waals surface area contributed by atoms with Crippen molar-refractivity contribution in [3.05, 3.63) is 29.8 Å². The van der Waals surface area contributed by atoms with Crippen molar-refractivity contribution in [2.24, 2.45) is 5.84 Å². The first kappa shape index (κ1) is 13.4. The molecule has 0 aliphatic rings. The number of hydrogen-bond donors (Lipinski definition) is 3. The van der Waals surface area contributed by atoms with Gasteiger partial charge in [0.15, 0.2) is 0 Å². The Bertz CT molecular complexity index is 370. The van der Waals surface area contributed by atoms with E-state index in [4.69, 9.17) is 15.7 Å². The second-order valence-corrected chi connectivity index (χ2v) is 3.35. The third-order valence-corrected chi connectivity index (χ3v) is 2.11. The first-order valence-corrected chi connectivity index (χ1v) is 5.20. The molecule has 0 saturated carbocycles. The van der Waals surface area contributed by atoms with E-state index in [1.807, 2.05) is 0 Å². The number of amides is 1. The highest BCUT2D eigenvalue weighted by atomic mass is 16.5. The van der Waals surface area contributed by atoms with E-state index in [1.54, 1.807) is 12.1 Å². The molecule has 0 spiro atoms. The summed E-state index contributed by atoms with van der Waals surface area (Å²) in [6.07, 6.45) is 0. The largest absolute Gasteiger partial charge is 0.507 e. The molecule has 0 aliphatic heterocycles. The number of carbonyl (C=O) groups is 1. The number of nitrogens with two attached hydrogens (primary N) is 1. The van der Waals surface area contributed by atoms with Crippen molar-refractivity contribution < 1.29 is 19.7 Å². The maximum atomic E-state index is 11.8. The number of hydrogen-bond acceptors (Lipinski definition) is 5. The lowest BCUT2D eigenvalue weighted by molar-refractivity contribution is 0.0565. The zero-order chi connectivity index (χ0) is 12.7. The summed E-state index contributed by atoms with van der Waals surface area (Å²) in [5.74, 6) is 4.95. The summed E-state index contributed by atoms with van der Waals surface area (Å²) >= 11 is 0. The maximum absolute atomic E-state index is 11.8. The van der Waals surface area contributed by atoms with E-state index in [2.05, 4.69) is 0 Å². The number of phenols is 1. The van der Waals surface area contributed by atoms with Crippen LogP contribution in [0.1, 0.15) is 10.4 Å². The van der Waals surface area contributed by atoms with E-state index < -0.39 is 5.91 Å². The molecule has 6 heteroatoms. The first-order chi connectivity index (χ1) is 8.16. The predicted octanol–water partition coefficient (Wildman–Crippen LogP) is -0.283. The molecule has 17 heavy (non-hydrogen) atoms. The minimum atomic E-state index is -0.476. The van der Waals surface area contributed by atoms with Crippen LogP contribution in [-0.2, 0) is 4.74 Å². The summed E-state index contributed by atoms with van der Waals surface area (Å²) in [7, 11) is 0. The van der Waals surface area contributed by atoms with Crippen molar-refractivity contribution in [2.75, 3.05) is 26.4 Å². The minimum absolute atomic E-state index is 0.0714. The molecule has 0 aliphatic carbocycles. The van der Waals surface area contributed by atoms with E-state index in [0.717, 1.165) is 5.01 Å². The molecule has 0 fully saturated rings. The van der Waals surface area contributed by atoms with Gasteiger partial charge in [0.1, 0.15) is 5.75 Å². The molecule has 1 aromatic carbocycles. The summed E-state index contributed by atoms with van der Waals surface area (Å²) in [6, 6.07) is 6.18. The lowest BCUT2D eigenvalue weighted by Gasteiger charge is -2.17. The van der Waals surface area contributed by atoms with Gasteiger partial charge in [-0.3, -0.25) is 9.80 Å². The highest BCUT2D eigenvalue weighted by molar-refractivity contribution is 5.96. The van der Waals surface area contributed by atoms with Gasteiger partial charge in [-0.1, -0.05) is 12.1 Å². The van der Waals surface area contributed by atoms with Crippen molar-refractivity contribution in [3.63, 3.8) is 0 Å². The maximum Gasteiger partial charge on any atom is 0.271 e. The lowest BCUT2D eigenvalue weighted by Crippen LogP contribution is -2.40. The summed E-state index contributed by atoms with van der Waals surface area (Å²) < 4.78 is 4.98. The van der Waals surface area contributed by atoms with Crippen molar-refractivity contribution in [1.29, 1.82) is 0 Å². The molecule has 4 N–H and O–H groups in total. The molecule has 94 valence electrons. The zero-order valence-electron chi connectivity index (χ0n) is 9.37. The van der Waals surface area contributed by atoms with Gasteiger partial charge in [-0.2, -0.15) is 0 Å². The number of nitrogens with zero attached hydrogens (tertiary/aromatic N) is 1. The van der Waals surface area contributed by atoms with Crippen LogP contribution in [0.4, 0.5) is 0 Å². The van der Waals surface area contributed by atoms with Crippen molar-refractivity contribution in [2.45, 2.75) is 0 Å². The number of aliphatic hydroxyl groups is 1. The van der Waals surface area contributed by atoms with Gasteiger partial charge in [-0.15, -0.1) is 0 Å². The minimum Gasteiger partial charge on any atom is -0.507 e. The van der Waals surface area contributed by atoms with Crippen LogP contribution in [0, 0.1) is 0 Å². The summed E-state index contributed by atoms with van der Waals surface area (Å²) in [5, 5.41) is 18.9. The molecule has 0 saturated heterocycles. The molecule has 0 bridgehead atoms. The molecule has 1 rings (SSSR count). The quantitative estimate of drug-likeness (QED) is 0.275. The molecule has 0 heterocycles. The smallest absolute Gasteiger partial charge is 0.271 e. The van der Waals surface area contributed by atoms with Crippen LogP contribution in [0.15, 0.2) is 24.3 Å². The number of para-hydroxylation sites is 1. The van der Waals surface area contributed by atoms with Crippen molar-refractivity contribution in [3.8, 4) is 5.75 Å². The van der Waals surface area contributed by atoms with Crippen LogP contribution in [0.2, 0.25) is 0 Å². The molecule has 0 aromatic heterocycles. The number of rotatable bonds is 6. The molecule has 0 radical (unpaired) electrons. The number of phenolic OH excluding ortho intramolecular Hbond substituents is 1. The number of hydrazine groups is 1. The Labute approximate surface area is 99.2 Å². The number of ether oxygens (including phenoxy) is 1. The Kier molecular flexibility index (Phi) is 5.41. The van der Waals surface area contributed by atoms with E-state index in [1.165, 1.54) is 12.1 Å². The molecule has 1 amide bonds. The number of carbonyl (C=O) groups excluding carboxylic acids is 1. The lowest BCUT2D eigenvalue weighted by atomic mass is 10.2.